The summed E-state index contributed by atoms with van der Waals surface area (Å²) in [7, 11) is 0. The summed E-state index contributed by atoms with van der Waals surface area (Å²) in [5, 5.41) is 12.6. The van der Waals surface area contributed by atoms with E-state index in [0.717, 1.165) is 31.5 Å². The van der Waals surface area contributed by atoms with E-state index < -0.39 is 0 Å². The molecule has 1 aromatic rings. The first-order valence-corrected chi connectivity index (χ1v) is 8.01. The Labute approximate surface area is 128 Å². The molecule has 0 fully saturated rings. The van der Waals surface area contributed by atoms with E-state index in [-0.39, 0.29) is 6.61 Å². The molecule has 0 bridgehead atoms. The molecule has 0 radical (unpaired) electrons. The summed E-state index contributed by atoms with van der Waals surface area (Å²) in [6.07, 6.45) is 5.81. The van der Waals surface area contributed by atoms with Crippen LogP contribution in [0.2, 0.25) is 0 Å². The lowest BCUT2D eigenvalue weighted by Crippen LogP contribution is -2.38. The van der Waals surface area contributed by atoms with Gasteiger partial charge in [-0.25, -0.2) is 9.97 Å². The number of hydrogen-bond donors (Lipinski definition) is 2. The Morgan fingerprint density at radius 2 is 1.81 bits per heavy atom. The normalized spacial score (nSPS) is 11.4. The van der Waals surface area contributed by atoms with E-state index in [9.17, 15) is 5.11 Å². The van der Waals surface area contributed by atoms with Gasteiger partial charge < -0.3 is 15.3 Å². The van der Waals surface area contributed by atoms with Crippen LogP contribution in [0.1, 0.15) is 46.1 Å². The van der Waals surface area contributed by atoms with Crippen molar-refractivity contribution in [1.29, 1.82) is 0 Å². The molecule has 1 heterocycles. The Morgan fingerprint density at radius 3 is 2.29 bits per heavy atom. The number of nitrogens with zero attached hydrogens (tertiary/aromatic N) is 3. The van der Waals surface area contributed by atoms with E-state index in [1.165, 1.54) is 0 Å². The SMILES string of the molecule is CCC(CC)N(CCO)c1ncc(CNCC(C)C)cn1. The van der Waals surface area contributed by atoms with Crippen LogP contribution in [0.25, 0.3) is 0 Å². The third kappa shape index (κ3) is 5.98. The number of aromatic nitrogens is 2. The van der Waals surface area contributed by atoms with Gasteiger partial charge in [0.25, 0.3) is 0 Å². The summed E-state index contributed by atoms with van der Waals surface area (Å²) < 4.78 is 0. The Morgan fingerprint density at radius 1 is 1.19 bits per heavy atom. The second-order valence-electron chi connectivity index (χ2n) is 5.80. The van der Waals surface area contributed by atoms with Crippen molar-refractivity contribution in [2.45, 2.75) is 53.1 Å². The fourth-order valence-electron chi connectivity index (χ4n) is 2.38. The van der Waals surface area contributed by atoms with Gasteiger partial charge in [0, 0.05) is 37.1 Å². The van der Waals surface area contributed by atoms with Gasteiger partial charge in [-0.3, -0.25) is 0 Å². The van der Waals surface area contributed by atoms with Crippen LogP contribution >= 0.6 is 0 Å². The third-order valence-electron chi connectivity index (χ3n) is 3.55. The molecular formula is C16H30N4O. The second kappa shape index (κ2) is 9.68. The van der Waals surface area contributed by atoms with Crippen LogP contribution in [0.4, 0.5) is 5.95 Å². The summed E-state index contributed by atoms with van der Waals surface area (Å²) >= 11 is 0. The minimum atomic E-state index is 0.123. The molecule has 0 aliphatic carbocycles. The molecule has 1 aromatic heterocycles. The Bertz CT molecular complexity index is 376. The predicted molar refractivity (Wildman–Crippen MR) is 87.4 cm³/mol. The van der Waals surface area contributed by atoms with E-state index in [1.807, 2.05) is 12.4 Å². The molecule has 0 spiro atoms. The first-order valence-electron chi connectivity index (χ1n) is 8.01. The summed E-state index contributed by atoms with van der Waals surface area (Å²) in [5.74, 6) is 1.35. The van der Waals surface area contributed by atoms with Crippen molar-refractivity contribution in [3.8, 4) is 0 Å². The molecule has 0 unspecified atom stereocenters. The van der Waals surface area contributed by atoms with E-state index in [4.69, 9.17) is 0 Å². The Hall–Kier alpha value is -1.20. The lowest BCUT2D eigenvalue weighted by atomic mass is 10.1. The van der Waals surface area contributed by atoms with Crippen LogP contribution in [0.3, 0.4) is 0 Å². The molecule has 5 nitrogen and oxygen atoms in total. The van der Waals surface area contributed by atoms with Crippen LogP contribution in [0.5, 0.6) is 0 Å². The molecular weight excluding hydrogens is 264 g/mol. The number of aliphatic hydroxyl groups is 1. The average Bonchev–Trinajstić information content (AvgIpc) is 2.48. The Kier molecular flexibility index (Phi) is 8.23. The van der Waals surface area contributed by atoms with E-state index in [1.54, 1.807) is 0 Å². The molecule has 120 valence electrons. The van der Waals surface area contributed by atoms with E-state index >= 15 is 0 Å². The van der Waals surface area contributed by atoms with Gasteiger partial charge in [-0.2, -0.15) is 0 Å². The van der Waals surface area contributed by atoms with Crippen molar-refractivity contribution in [3.63, 3.8) is 0 Å². The van der Waals surface area contributed by atoms with Gasteiger partial charge >= 0.3 is 0 Å². The fourth-order valence-corrected chi connectivity index (χ4v) is 2.38. The minimum Gasteiger partial charge on any atom is -0.395 e. The highest BCUT2D eigenvalue weighted by Gasteiger charge is 2.17. The molecule has 21 heavy (non-hydrogen) atoms. The smallest absolute Gasteiger partial charge is 0.225 e. The average molecular weight is 294 g/mol. The van der Waals surface area contributed by atoms with Gasteiger partial charge in [0.15, 0.2) is 0 Å². The van der Waals surface area contributed by atoms with Crippen molar-refractivity contribution >= 4 is 5.95 Å². The van der Waals surface area contributed by atoms with Gasteiger partial charge in [-0.1, -0.05) is 27.7 Å². The summed E-state index contributed by atoms with van der Waals surface area (Å²) in [4.78, 5) is 11.1. The molecule has 0 saturated carbocycles. The van der Waals surface area contributed by atoms with Crippen molar-refractivity contribution in [1.82, 2.24) is 15.3 Å². The van der Waals surface area contributed by atoms with Crippen LogP contribution in [-0.2, 0) is 6.54 Å². The van der Waals surface area contributed by atoms with Crippen molar-refractivity contribution in [3.05, 3.63) is 18.0 Å². The Balaban J connectivity index is 2.68. The maximum Gasteiger partial charge on any atom is 0.225 e. The zero-order chi connectivity index (χ0) is 15.7. The fraction of sp³-hybridized carbons (Fsp3) is 0.750. The highest BCUT2D eigenvalue weighted by molar-refractivity contribution is 5.31. The lowest BCUT2D eigenvalue weighted by molar-refractivity contribution is 0.295. The highest BCUT2D eigenvalue weighted by Crippen LogP contribution is 2.15. The van der Waals surface area contributed by atoms with Crippen molar-refractivity contribution in [2.75, 3.05) is 24.6 Å². The second-order valence-corrected chi connectivity index (χ2v) is 5.80. The van der Waals surface area contributed by atoms with Crippen molar-refractivity contribution in [2.24, 2.45) is 5.92 Å². The van der Waals surface area contributed by atoms with Gasteiger partial charge in [0.2, 0.25) is 5.95 Å². The number of anilines is 1. The van der Waals surface area contributed by atoms with Crippen LogP contribution in [-0.4, -0.2) is 40.8 Å². The maximum absolute atomic E-state index is 9.25. The van der Waals surface area contributed by atoms with Gasteiger partial charge in [-0.05, 0) is 25.3 Å². The first-order chi connectivity index (χ1) is 10.1. The zero-order valence-electron chi connectivity index (χ0n) is 13.8. The predicted octanol–water partition coefficient (Wildman–Crippen LogP) is 2.21. The van der Waals surface area contributed by atoms with Gasteiger partial charge in [-0.15, -0.1) is 0 Å². The third-order valence-corrected chi connectivity index (χ3v) is 3.55. The molecule has 0 aliphatic rings. The monoisotopic (exact) mass is 294 g/mol. The maximum atomic E-state index is 9.25. The number of nitrogens with one attached hydrogen (secondary N) is 1. The zero-order valence-corrected chi connectivity index (χ0v) is 13.8. The largest absolute Gasteiger partial charge is 0.395 e. The summed E-state index contributed by atoms with van der Waals surface area (Å²) in [5.41, 5.74) is 1.09. The van der Waals surface area contributed by atoms with E-state index in [0.29, 0.717) is 24.5 Å². The molecule has 0 atom stereocenters. The molecule has 2 N–H and O–H groups in total. The minimum absolute atomic E-state index is 0.123. The molecule has 5 heteroatoms. The summed E-state index contributed by atoms with van der Waals surface area (Å²) in [6, 6.07) is 0.377. The molecule has 0 amide bonds. The quantitative estimate of drug-likeness (QED) is 0.693. The number of rotatable bonds is 10. The van der Waals surface area contributed by atoms with Crippen LogP contribution in [0.15, 0.2) is 12.4 Å². The molecule has 0 aliphatic heterocycles. The lowest BCUT2D eigenvalue weighted by Gasteiger charge is -2.29. The van der Waals surface area contributed by atoms with Crippen LogP contribution in [0, 0.1) is 5.92 Å². The van der Waals surface area contributed by atoms with E-state index in [2.05, 4.69) is 47.9 Å². The van der Waals surface area contributed by atoms with Gasteiger partial charge in [0.1, 0.15) is 0 Å². The first kappa shape index (κ1) is 17.9. The molecule has 0 aromatic carbocycles. The number of aliphatic hydroxyl groups excluding tert-OH is 1. The highest BCUT2D eigenvalue weighted by atomic mass is 16.3. The van der Waals surface area contributed by atoms with Crippen LogP contribution < -0.4 is 10.2 Å². The molecule has 0 saturated heterocycles. The number of hydrogen-bond acceptors (Lipinski definition) is 5. The topological polar surface area (TPSA) is 61.3 Å². The standard InChI is InChI=1S/C16H30N4O/c1-5-15(6-2)20(7-8-21)16-18-11-14(12-19-16)10-17-9-13(3)4/h11-13,15,17,21H,5-10H2,1-4H3. The van der Waals surface area contributed by atoms with Crippen molar-refractivity contribution < 1.29 is 5.11 Å². The van der Waals surface area contributed by atoms with Gasteiger partial charge in [0.05, 0.1) is 6.61 Å². The molecule has 1 rings (SSSR count). The summed E-state index contributed by atoms with van der Waals surface area (Å²) in [6.45, 7) is 11.2.